The average molecular weight is 357 g/mol. The van der Waals surface area contributed by atoms with Crippen LogP contribution < -0.4 is 5.32 Å². The van der Waals surface area contributed by atoms with E-state index in [0.717, 1.165) is 31.2 Å². The quantitative estimate of drug-likeness (QED) is 0.898. The normalized spacial score (nSPS) is 25.4. The summed E-state index contributed by atoms with van der Waals surface area (Å²) in [7, 11) is 0. The lowest BCUT2D eigenvalue weighted by Gasteiger charge is -2.33. The molecule has 2 saturated heterocycles. The number of nitrogens with zero attached hydrogens (tertiary/aromatic N) is 2. The molecule has 0 saturated carbocycles. The molecule has 0 aliphatic carbocycles. The lowest BCUT2D eigenvalue weighted by atomic mass is 10.0. The van der Waals surface area contributed by atoms with Gasteiger partial charge in [0.25, 0.3) is 0 Å². The number of hydrogen-bond donors (Lipinski definition) is 1. The molecule has 1 aromatic rings. The molecule has 3 atom stereocenters. The van der Waals surface area contributed by atoms with Crippen molar-refractivity contribution in [3.63, 3.8) is 0 Å². The van der Waals surface area contributed by atoms with Crippen LogP contribution in [-0.2, 0) is 14.4 Å². The van der Waals surface area contributed by atoms with E-state index in [1.54, 1.807) is 6.92 Å². The van der Waals surface area contributed by atoms with E-state index in [1.807, 2.05) is 28.0 Å². The molecule has 0 unspecified atom stereocenters. The molecule has 6 nitrogen and oxygen atoms in total. The fourth-order valence-electron chi connectivity index (χ4n) is 4.42. The molecule has 26 heavy (non-hydrogen) atoms. The van der Waals surface area contributed by atoms with Crippen LogP contribution in [0.5, 0.6) is 0 Å². The molecule has 2 aliphatic heterocycles. The molecule has 1 aromatic carbocycles. The van der Waals surface area contributed by atoms with E-state index in [1.165, 1.54) is 6.92 Å². The van der Waals surface area contributed by atoms with Gasteiger partial charge in [-0.3, -0.25) is 14.4 Å². The van der Waals surface area contributed by atoms with Crippen molar-refractivity contribution in [3.05, 3.63) is 35.9 Å². The van der Waals surface area contributed by atoms with E-state index in [0.29, 0.717) is 6.54 Å². The van der Waals surface area contributed by atoms with Crippen LogP contribution in [0.1, 0.15) is 51.1 Å². The van der Waals surface area contributed by atoms with Crippen LogP contribution in [0.3, 0.4) is 0 Å². The summed E-state index contributed by atoms with van der Waals surface area (Å²) in [4.78, 5) is 40.2. The first-order valence-electron chi connectivity index (χ1n) is 9.36. The minimum absolute atomic E-state index is 0.00198. The molecule has 0 spiro atoms. The number of benzene rings is 1. The van der Waals surface area contributed by atoms with E-state index in [4.69, 9.17) is 0 Å². The van der Waals surface area contributed by atoms with Crippen LogP contribution in [0.4, 0.5) is 0 Å². The van der Waals surface area contributed by atoms with Crippen molar-refractivity contribution in [2.45, 2.75) is 57.7 Å². The van der Waals surface area contributed by atoms with Crippen LogP contribution in [-0.4, -0.2) is 52.7 Å². The molecular formula is C20H27N3O3. The highest BCUT2D eigenvalue weighted by Crippen LogP contribution is 2.41. The summed E-state index contributed by atoms with van der Waals surface area (Å²) < 4.78 is 0. The number of rotatable bonds is 3. The van der Waals surface area contributed by atoms with E-state index in [2.05, 4.69) is 17.4 Å². The Labute approximate surface area is 154 Å². The Balaban J connectivity index is 1.87. The van der Waals surface area contributed by atoms with Crippen LogP contribution in [0.15, 0.2) is 30.3 Å². The number of hydrogen-bond acceptors (Lipinski definition) is 3. The van der Waals surface area contributed by atoms with Crippen molar-refractivity contribution in [2.24, 2.45) is 0 Å². The van der Waals surface area contributed by atoms with Gasteiger partial charge in [-0.25, -0.2) is 0 Å². The van der Waals surface area contributed by atoms with Gasteiger partial charge in [0.2, 0.25) is 17.7 Å². The zero-order valence-corrected chi connectivity index (χ0v) is 15.5. The predicted octanol–water partition coefficient (Wildman–Crippen LogP) is 1.87. The first-order chi connectivity index (χ1) is 12.5. The predicted molar refractivity (Wildman–Crippen MR) is 98.1 cm³/mol. The Bertz CT molecular complexity index is 676. The fraction of sp³-hybridized carbons (Fsp3) is 0.550. The van der Waals surface area contributed by atoms with E-state index in [-0.39, 0.29) is 42.4 Å². The monoisotopic (exact) mass is 357 g/mol. The van der Waals surface area contributed by atoms with Crippen molar-refractivity contribution in [2.75, 3.05) is 13.1 Å². The molecule has 0 bridgehead atoms. The van der Waals surface area contributed by atoms with E-state index >= 15 is 0 Å². The number of carbonyl (C=O) groups is 3. The molecule has 6 heteroatoms. The zero-order valence-electron chi connectivity index (χ0n) is 15.5. The minimum Gasteiger partial charge on any atom is -0.347 e. The zero-order chi connectivity index (χ0) is 18.7. The number of carbonyl (C=O) groups excluding carboxylic acids is 3. The standard InChI is InChI=1S/C20H27N3O3/c1-14(24)21-13-20(26)22-11-7-6-10-17-19(22)12-18(23(17)15(2)25)16-8-4-3-5-9-16/h3-5,8-9,17-19H,6-7,10-13H2,1-2H3,(H,21,24)/t17-,18-,19+/m0/s1. The first-order valence-corrected chi connectivity index (χ1v) is 9.36. The average Bonchev–Trinajstić information content (AvgIpc) is 2.88. The first kappa shape index (κ1) is 18.4. The Morgan fingerprint density at radius 1 is 1.08 bits per heavy atom. The van der Waals surface area contributed by atoms with Crippen LogP contribution in [0.25, 0.3) is 0 Å². The smallest absolute Gasteiger partial charge is 0.242 e. The molecule has 2 aliphatic rings. The highest BCUT2D eigenvalue weighted by atomic mass is 16.2. The van der Waals surface area contributed by atoms with Crippen LogP contribution in [0.2, 0.25) is 0 Å². The molecule has 2 fully saturated rings. The molecule has 3 rings (SSSR count). The third-order valence-electron chi connectivity index (χ3n) is 5.51. The van der Waals surface area contributed by atoms with Gasteiger partial charge in [-0.2, -0.15) is 0 Å². The molecular weight excluding hydrogens is 330 g/mol. The van der Waals surface area contributed by atoms with Crippen LogP contribution >= 0.6 is 0 Å². The Morgan fingerprint density at radius 2 is 1.81 bits per heavy atom. The number of amides is 3. The number of likely N-dealkylation sites (tertiary alicyclic amines) is 2. The number of fused-ring (bicyclic) bond motifs is 1. The van der Waals surface area contributed by atoms with Gasteiger partial charge < -0.3 is 15.1 Å². The second kappa shape index (κ2) is 7.89. The summed E-state index contributed by atoms with van der Waals surface area (Å²) in [6.45, 7) is 3.74. The van der Waals surface area contributed by atoms with Crippen LogP contribution in [0, 0.1) is 0 Å². The van der Waals surface area contributed by atoms with E-state index < -0.39 is 0 Å². The molecule has 2 heterocycles. The van der Waals surface area contributed by atoms with Gasteiger partial charge in [-0.05, 0) is 31.2 Å². The topological polar surface area (TPSA) is 69.7 Å². The highest BCUT2D eigenvalue weighted by molar-refractivity contribution is 5.84. The lowest BCUT2D eigenvalue weighted by Crippen LogP contribution is -2.50. The van der Waals surface area contributed by atoms with Gasteiger partial charge in [0.1, 0.15) is 0 Å². The van der Waals surface area contributed by atoms with Crippen molar-refractivity contribution < 1.29 is 14.4 Å². The maximum Gasteiger partial charge on any atom is 0.242 e. The third kappa shape index (κ3) is 3.74. The largest absolute Gasteiger partial charge is 0.347 e. The summed E-state index contributed by atoms with van der Waals surface area (Å²) >= 11 is 0. The fourth-order valence-corrected chi connectivity index (χ4v) is 4.42. The minimum atomic E-state index is -0.205. The summed E-state index contributed by atoms with van der Waals surface area (Å²) in [6, 6.07) is 10.1. The van der Waals surface area contributed by atoms with Gasteiger partial charge in [0.15, 0.2) is 0 Å². The maximum atomic E-state index is 12.7. The second-order valence-electron chi connectivity index (χ2n) is 7.22. The van der Waals surface area contributed by atoms with Gasteiger partial charge >= 0.3 is 0 Å². The summed E-state index contributed by atoms with van der Waals surface area (Å²) in [5.74, 6) is -0.208. The molecule has 140 valence electrons. The Morgan fingerprint density at radius 3 is 2.46 bits per heavy atom. The third-order valence-corrected chi connectivity index (χ3v) is 5.51. The second-order valence-corrected chi connectivity index (χ2v) is 7.22. The number of nitrogens with one attached hydrogen (secondary N) is 1. The lowest BCUT2D eigenvalue weighted by molar-refractivity contribution is -0.136. The summed E-state index contributed by atoms with van der Waals surface area (Å²) in [5.41, 5.74) is 1.12. The Hall–Kier alpha value is -2.37. The van der Waals surface area contributed by atoms with Crippen molar-refractivity contribution in [3.8, 4) is 0 Å². The maximum absolute atomic E-state index is 12.7. The Kier molecular flexibility index (Phi) is 5.59. The summed E-state index contributed by atoms with van der Waals surface area (Å²) in [6.07, 6.45) is 3.59. The van der Waals surface area contributed by atoms with Crippen molar-refractivity contribution in [1.29, 1.82) is 0 Å². The highest BCUT2D eigenvalue weighted by Gasteiger charge is 2.47. The molecule has 1 N–H and O–H groups in total. The van der Waals surface area contributed by atoms with Crippen molar-refractivity contribution >= 4 is 17.7 Å². The van der Waals surface area contributed by atoms with Gasteiger partial charge in [0, 0.05) is 20.4 Å². The molecule has 3 amide bonds. The van der Waals surface area contributed by atoms with Gasteiger partial charge in [-0.1, -0.05) is 30.3 Å². The molecule has 0 aromatic heterocycles. The van der Waals surface area contributed by atoms with E-state index in [9.17, 15) is 14.4 Å². The molecule has 0 radical (unpaired) electrons. The van der Waals surface area contributed by atoms with Gasteiger partial charge in [0.05, 0.1) is 24.7 Å². The van der Waals surface area contributed by atoms with Crippen molar-refractivity contribution in [1.82, 2.24) is 15.1 Å². The SMILES string of the molecule is CC(=O)NCC(=O)N1CCCC[C@H]2[C@H]1C[C@@H](c1ccccc1)N2C(C)=O. The summed E-state index contributed by atoms with van der Waals surface area (Å²) in [5, 5.41) is 2.61. The van der Waals surface area contributed by atoms with Gasteiger partial charge in [-0.15, -0.1) is 0 Å².